The van der Waals surface area contributed by atoms with E-state index in [1.807, 2.05) is 0 Å². The molecule has 2 aliphatic rings. The van der Waals surface area contributed by atoms with Crippen LogP contribution in [0.25, 0.3) is 0 Å². The lowest BCUT2D eigenvalue weighted by Crippen LogP contribution is -2.22. The minimum absolute atomic E-state index is 0.521. The molecule has 1 spiro atoms. The van der Waals surface area contributed by atoms with Crippen molar-refractivity contribution in [1.29, 1.82) is 0 Å². The molecule has 0 aromatic carbocycles. The first-order valence-electron chi connectivity index (χ1n) is 5.24. The third-order valence-corrected chi connectivity index (χ3v) is 3.20. The Kier molecular flexibility index (Phi) is 1.76. The molecule has 1 heterocycles. The van der Waals surface area contributed by atoms with E-state index >= 15 is 0 Å². The van der Waals surface area contributed by atoms with Crippen molar-refractivity contribution in [3.63, 3.8) is 0 Å². The molecule has 0 bridgehead atoms. The van der Waals surface area contributed by atoms with Crippen molar-refractivity contribution in [2.45, 2.75) is 52.0 Å². The quantitative estimate of drug-likeness (QED) is 0.633. The lowest BCUT2D eigenvalue weighted by atomic mass is 9.83. The van der Waals surface area contributed by atoms with Gasteiger partial charge in [0.05, 0.1) is 0 Å². The summed E-state index contributed by atoms with van der Waals surface area (Å²) in [5.74, 6) is 0.951. The third-order valence-electron chi connectivity index (χ3n) is 3.20. The van der Waals surface area contributed by atoms with Crippen molar-refractivity contribution in [2.75, 3.05) is 6.54 Å². The largest absolute Gasteiger partial charge is 0.311 e. The molecule has 1 aliphatic carbocycles. The maximum absolute atomic E-state index is 3.68. The van der Waals surface area contributed by atoms with E-state index in [0.717, 1.165) is 5.92 Å². The van der Waals surface area contributed by atoms with Gasteiger partial charge in [0.15, 0.2) is 0 Å². The highest BCUT2D eigenvalue weighted by Gasteiger charge is 2.48. The Hall–Kier alpha value is -0.0400. The molecular weight excluding hydrogens is 146 g/mol. The highest BCUT2D eigenvalue weighted by atomic mass is 15.1. The van der Waals surface area contributed by atoms with Crippen molar-refractivity contribution in [2.24, 2.45) is 11.3 Å². The van der Waals surface area contributed by atoms with Gasteiger partial charge >= 0.3 is 0 Å². The van der Waals surface area contributed by atoms with Crippen LogP contribution in [-0.4, -0.2) is 12.1 Å². The Bertz CT molecular complexity index is 174. The molecule has 0 amide bonds. The number of nitrogens with one attached hydrogen (secondary N) is 1. The van der Waals surface area contributed by atoms with Gasteiger partial charge in [-0.05, 0) is 43.6 Å². The van der Waals surface area contributed by atoms with Crippen LogP contribution in [0.3, 0.4) is 0 Å². The van der Waals surface area contributed by atoms with E-state index in [4.69, 9.17) is 0 Å². The number of hydrogen-bond acceptors (Lipinski definition) is 1. The average molecular weight is 167 g/mol. The van der Waals surface area contributed by atoms with Crippen LogP contribution in [0, 0.1) is 11.3 Å². The second kappa shape index (κ2) is 2.47. The topological polar surface area (TPSA) is 12.0 Å². The molecule has 1 saturated carbocycles. The molecular formula is C11H21N. The van der Waals surface area contributed by atoms with Gasteiger partial charge in [-0.25, -0.2) is 0 Å². The standard InChI is InChI=1S/C11H21N/c1-10(2,3)6-9-7-11(4-5-11)12-8-9/h9,12H,4-8H2,1-3H3. The van der Waals surface area contributed by atoms with Crippen molar-refractivity contribution in [3.8, 4) is 0 Å². The smallest absolute Gasteiger partial charge is 0.0186 e. The number of rotatable bonds is 1. The van der Waals surface area contributed by atoms with Crippen LogP contribution in [0.15, 0.2) is 0 Å². The Labute approximate surface area is 75.9 Å². The summed E-state index contributed by atoms with van der Waals surface area (Å²) in [6.45, 7) is 8.33. The van der Waals surface area contributed by atoms with Crippen LogP contribution < -0.4 is 5.32 Å². The monoisotopic (exact) mass is 167 g/mol. The van der Waals surface area contributed by atoms with E-state index in [1.165, 1.54) is 32.2 Å². The lowest BCUT2D eigenvalue weighted by molar-refractivity contribution is 0.303. The van der Waals surface area contributed by atoms with Crippen LogP contribution in [0.4, 0.5) is 0 Å². The molecule has 1 N–H and O–H groups in total. The van der Waals surface area contributed by atoms with E-state index in [1.54, 1.807) is 0 Å². The van der Waals surface area contributed by atoms with Crippen molar-refractivity contribution in [1.82, 2.24) is 5.32 Å². The van der Waals surface area contributed by atoms with Gasteiger partial charge < -0.3 is 5.32 Å². The zero-order chi connectivity index (χ0) is 8.82. The van der Waals surface area contributed by atoms with Gasteiger partial charge in [-0.3, -0.25) is 0 Å². The summed E-state index contributed by atoms with van der Waals surface area (Å²) >= 11 is 0. The molecule has 1 nitrogen and oxygen atoms in total. The van der Waals surface area contributed by atoms with Gasteiger partial charge in [0, 0.05) is 5.54 Å². The Balaban J connectivity index is 1.84. The molecule has 0 aromatic heterocycles. The van der Waals surface area contributed by atoms with Gasteiger partial charge in [-0.1, -0.05) is 20.8 Å². The minimum Gasteiger partial charge on any atom is -0.311 e. The maximum atomic E-state index is 3.68. The molecule has 2 fully saturated rings. The van der Waals surface area contributed by atoms with E-state index in [-0.39, 0.29) is 0 Å². The molecule has 1 saturated heterocycles. The van der Waals surface area contributed by atoms with E-state index in [9.17, 15) is 0 Å². The van der Waals surface area contributed by atoms with Crippen LogP contribution >= 0.6 is 0 Å². The van der Waals surface area contributed by atoms with Gasteiger partial charge in [0.25, 0.3) is 0 Å². The van der Waals surface area contributed by atoms with Crippen LogP contribution in [0.5, 0.6) is 0 Å². The molecule has 12 heavy (non-hydrogen) atoms. The van der Waals surface area contributed by atoms with E-state index < -0.39 is 0 Å². The zero-order valence-electron chi connectivity index (χ0n) is 8.61. The van der Waals surface area contributed by atoms with Gasteiger partial charge in [0.1, 0.15) is 0 Å². The maximum Gasteiger partial charge on any atom is 0.0186 e. The molecule has 1 atom stereocenters. The zero-order valence-corrected chi connectivity index (χ0v) is 8.61. The Morgan fingerprint density at radius 2 is 2.00 bits per heavy atom. The van der Waals surface area contributed by atoms with Gasteiger partial charge in [0.2, 0.25) is 0 Å². The van der Waals surface area contributed by atoms with Crippen LogP contribution in [0.1, 0.15) is 46.5 Å². The Morgan fingerprint density at radius 3 is 2.42 bits per heavy atom. The van der Waals surface area contributed by atoms with E-state index in [2.05, 4.69) is 26.1 Å². The van der Waals surface area contributed by atoms with Gasteiger partial charge in [-0.15, -0.1) is 0 Å². The first-order valence-corrected chi connectivity index (χ1v) is 5.24. The molecule has 0 radical (unpaired) electrons. The summed E-state index contributed by atoms with van der Waals surface area (Å²) in [6, 6.07) is 0. The molecule has 70 valence electrons. The summed E-state index contributed by atoms with van der Waals surface area (Å²) in [5, 5.41) is 3.68. The third kappa shape index (κ3) is 1.82. The highest BCUT2D eigenvalue weighted by Crippen LogP contribution is 2.46. The summed E-state index contributed by atoms with van der Waals surface area (Å²) in [5.41, 5.74) is 1.16. The average Bonchev–Trinajstić information content (AvgIpc) is 2.49. The molecule has 0 aromatic rings. The number of hydrogen-bond donors (Lipinski definition) is 1. The SMILES string of the molecule is CC(C)(C)CC1CNC2(CC2)C1. The first-order chi connectivity index (χ1) is 5.49. The second-order valence-corrected chi connectivity index (χ2v) is 6.00. The summed E-state index contributed by atoms with van der Waals surface area (Å²) in [7, 11) is 0. The highest BCUT2D eigenvalue weighted by molar-refractivity contribution is 5.07. The lowest BCUT2D eigenvalue weighted by Gasteiger charge is -2.22. The fraction of sp³-hybridized carbons (Fsp3) is 1.00. The summed E-state index contributed by atoms with van der Waals surface area (Å²) < 4.78 is 0. The van der Waals surface area contributed by atoms with Crippen LogP contribution in [0.2, 0.25) is 0 Å². The van der Waals surface area contributed by atoms with E-state index in [0.29, 0.717) is 11.0 Å². The predicted octanol–water partition coefficient (Wildman–Crippen LogP) is 2.56. The fourth-order valence-corrected chi connectivity index (χ4v) is 2.60. The second-order valence-electron chi connectivity index (χ2n) is 6.00. The molecule has 1 aliphatic heterocycles. The van der Waals surface area contributed by atoms with Crippen molar-refractivity contribution >= 4 is 0 Å². The normalized spacial score (nSPS) is 32.8. The minimum atomic E-state index is 0.521. The van der Waals surface area contributed by atoms with Crippen molar-refractivity contribution in [3.05, 3.63) is 0 Å². The fourth-order valence-electron chi connectivity index (χ4n) is 2.60. The summed E-state index contributed by atoms with van der Waals surface area (Å²) in [6.07, 6.45) is 5.72. The summed E-state index contributed by atoms with van der Waals surface area (Å²) in [4.78, 5) is 0. The molecule has 1 unspecified atom stereocenters. The van der Waals surface area contributed by atoms with Crippen LogP contribution in [-0.2, 0) is 0 Å². The molecule has 2 rings (SSSR count). The predicted molar refractivity (Wildman–Crippen MR) is 52.1 cm³/mol. The first kappa shape index (κ1) is 8.55. The van der Waals surface area contributed by atoms with Crippen molar-refractivity contribution < 1.29 is 0 Å². The Morgan fingerprint density at radius 1 is 1.33 bits per heavy atom. The van der Waals surface area contributed by atoms with Gasteiger partial charge in [-0.2, -0.15) is 0 Å². The molecule has 1 heteroatoms.